The highest BCUT2D eigenvalue weighted by Crippen LogP contribution is 2.21. The lowest BCUT2D eigenvalue weighted by atomic mass is 10.00. The van der Waals surface area contributed by atoms with Crippen LogP contribution in [0, 0.1) is 5.92 Å². The summed E-state index contributed by atoms with van der Waals surface area (Å²) in [7, 11) is 0. The standard InChI is InChI=1S/C14H16N2O/c1-3-9(2)14(17)13-8-11(15)10-6-4-5-7-12(10)16-13/h4-9H,3H2,1-2H3,(H2,15,16). The fourth-order valence-electron chi connectivity index (χ4n) is 1.77. The van der Waals surface area contributed by atoms with E-state index in [1.165, 1.54) is 0 Å². The van der Waals surface area contributed by atoms with E-state index in [4.69, 9.17) is 5.73 Å². The summed E-state index contributed by atoms with van der Waals surface area (Å²) in [5, 5.41) is 0.896. The van der Waals surface area contributed by atoms with Gasteiger partial charge in [-0.3, -0.25) is 4.79 Å². The molecule has 2 rings (SSSR count). The molecule has 1 atom stereocenters. The Morgan fingerprint density at radius 3 is 2.82 bits per heavy atom. The number of anilines is 1. The number of aromatic nitrogens is 1. The van der Waals surface area contributed by atoms with Gasteiger partial charge in [-0.1, -0.05) is 32.0 Å². The van der Waals surface area contributed by atoms with Gasteiger partial charge in [0, 0.05) is 17.0 Å². The molecular weight excluding hydrogens is 212 g/mol. The van der Waals surface area contributed by atoms with Crippen LogP contribution in [0.2, 0.25) is 0 Å². The third-order valence-corrected chi connectivity index (χ3v) is 3.06. The molecule has 0 aliphatic heterocycles. The molecule has 0 bridgehead atoms. The second kappa shape index (κ2) is 4.53. The first kappa shape index (κ1) is 11.6. The van der Waals surface area contributed by atoms with Crippen molar-refractivity contribution in [2.75, 3.05) is 5.73 Å². The quantitative estimate of drug-likeness (QED) is 0.821. The van der Waals surface area contributed by atoms with Crippen molar-refractivity contribution in [2.45, 2.75) is 20.3 Å². The van der Waals surface area contributed by atoms with E-state index in [0.29, 0.717) is 11.4 Å². The van der Waals surface area contributed by atoms with Crippen molar-refractivity contribution >= 4 is 22.4 Å². The average molecular weight is 228 g/mol. The predicted octanol–water partition coefficient (Wildman–Crippen LogP) is 3.05. The van der Waals surface area contributed by atoms with Crippen molar-refractivity contribution in [3.63, 3.8) is 0 Å². The molecule has 1 unspecified atom stereocenters. The van der Waals surface area contributed by atoms with Crippen LogP contribution in [0.1, 0.15) is 30.8 Å². The minimum atomic E-state index is -0.0111. The SMILES string of the molecule is CCC(C)C(=O)c1cc(N)c2ccccc2n1. The summed E-state index contributed by atoms with van der Waals surface area (Å²) in [5.74, 6) is 0.0491. The Morgan fingerprint density at radius 1 is 1.41 bits per heavy atom. The van der Waals surface area contributed by atoms with Crippen molar-refractivity contribution in [3.05, 3.63) is 36.0 Å². The van der Waals surface area contributed by atoms with Crippen LogP contribution in [-0.4, -0.2) is 10.8 Å². The highest BCUT2D eigenvalue weighted by Gasteiger charge is 2.16. The van der Waals surface area contributed by atoms with Crippen LogP contribution in [0.5, 0.6) is 0 Å². The van der Waals surface area contributed by atoms with Gasteiger partial charge in [-0.15, -0.1) is 0 Å². The monoisotopic (exact) mass is 228 g/mol. The first-order valence-corrected chi connectivity index (χ1v) is 5.83. The van der Waals surface area contributed by atoms with Gasteiger partial charge >= 0.3 is 0 Å². The van der Waals surface area contributed by atoms with Crippen molar-refractivity contribution < 1.29 is 4.79 Å². The number of hydrogen-bond donors (Lipinski definition) is 1. The second-order valence-corrected chi connectivity index (χ2v) is 4.29. The number of ketones is 1. The molecule has 3 nitrogen and oxygen atoms in total. The lowest BCUT2D eigenvalue weighted by molar-refractivity contribution is 0.0922. The molecule has 0 aliphatic carbocycles. The highest BCUT2D eigenvalue weighted by molar-refractivity contribution is 6.01. The van der Waals surface area contributed by atoms with E-state index in [1.54, 1.807) is 6.07 Å². The largest absolute Gasteiger partial charge is 0.398 e. The van der Waals surface area contributed by atoms with Crippen molar-refractivity contribution in [1.82, 2.24) is 4.98 Å². The number of hydrogen-bond acceptors (Lipinski definition) is 3. The van der Waals surface area contributed by atoms with Crippen LogP contribution in [-0.2, 0) is 0 Å². The summed E-state index contributed by atoms with van der Waals surface area (Å²) < 4.78 is 0. The van der Waals surface area contributed by atoms with Gasteiger partial charge in [0.15, 0.2) is 5.78 Å². The molecule has 1 heterocycles. The molecule has 0 aliphatic rings. The van der Waals surface area contributed by atoms with Gasteiger partial charge in [0.05, 0.1) is 5.52 Å². The number of rotatable bonds is 3. The number of nitrogen functional groups attached to an aromatic ring is 1. The smallest absolute Gasteiger partial charge is 0.184 e. The topological polar surface area (TPSA) is 56.0 Å². The third kappa shape index (κ3) is 2.13. The van der Waals surface area contributed by atoms with Gasteiger partial charge < -0.3 is 5.73 Å². The van der Waals surface area contributed by atoms with E-state index < -0.39 is 0 Å². The van der Waals surface area contributed by atoms with Crippen LogP contribution in [0.4, 0.5) is 5.69 Å². The molecule has 0 saturated heterocycles. The summed E-state index contributed by atoms with van der Waals surface area (Å²) in [5.41, 5.74) is 7.80. The summed E-state index contributed by atoms with van der Waals surface area (Å²) in [6, 6.07) is 9.27. The van der Waals surface area contributed by atoms with Crippen LogP contribution in [0.15, 0.2) is 30.3 Å². The molecule has 1 aromatic carbocycles. The Hall–Kier alpha value is -1.90. The Balaban J connectivity index is 2.54. The van der Waals surface area contributed by atoms with E-state index in [1.807, 2.05) is 38.1 Å². The van der Waals surface area contributed by atoms with E-state index in [0.717, 1.165) is 17.3 Å². The maximum absolute atomic E-state index is 12.1. The number of carbonyl (C=O) groups is 1. The van der Waals surface area contributed by atoms with Crippen molar-refractivity contribution in [3.8, 4) is 0 Å². The predicted molar refractivity (Wildman–Crippen MR) is 69.9 cm³/mol. The number of pyridine rings is 1. The molecule has 1 aromatic heterocycles. The molecule has 0 spiro atoms. The fraction of sp³-hybridized carbons (Fsp3) is 0.286. The van der Waals surface area contributed by atoms with Gasteiger partial charge in [0.25, 0.3) is 0 Å². The molecule has 3 heteroatoms. The Labute approximate surface area is 101 Å². The number of benzene rings is 1. The van der Waals surface area contributed by atoms with Gasteiger partial charge in [-0.05, 0) is 18.6 Å². The lowest BCUT2D eigenvalue weighted by Gasteiger charge is -2.09. The summed E-state index contributed by atoms with van der Waals surface area (Å²) >= 11 is 0. The molecule has 2 N–H and O–H groups in total. The average Bonchev–Trinajstić information content (AvgIpc) is 2.37. The highest BCUT2D eigenvalue weighted by atomic mass is 16.1. The summed E-state index contributed by atoms with van der Waals surface area (Å²) in [6.07, 6.45) is 0.813. The van der Waals surface area contributed by atoms with E-state index in [9.17, 15) is 4.79 Å². The van der Waals surface area contributed by atoms with Gasteiger partial charge in [-0.25, -0.2) is 4.98 Å². The normalized spacial score (nSPS) is 12.6. The maximum Gasteiger partial charge on any atom is 0.184 e. The van der Waals surface area contributed by atoms with Crippen LogP contribution in [0.3, 0.4) is 0 Å². The van der Waals surface area contributed by atoms with Crippen molar-refractivity contribution in [2.24, 2.45) is 5.92 Å². The molecule has 2 aromatic rings. The first-order valence-electron chi connectivity index (χ1n) is 5.83. The number of para-hydroxylation sites is 1. The van der Waals surface area contributed by atoms with Gasteiger partial charge in [0.2, 0.25) is 0 Å². The molecule has 0 saturated carbocycles. The fourth-order valence-corrected chi connectivity index (χ4v) is 1.77. The number of Topliss-reactive ketones (excluding diaryl/α,β-unsaturated/α-hetero) is 1. The van der Waals surface area contributed by atoms with Gasteiger partial charge in [-0.2, -0.15) is 0 Å². The molecule has 0 radical (unpaired) electrons. The number of nitrogens with two attached hydrogens (primary N) is 1. The minimum Gasteiger partial charge on any atom is -0.398 e. The number of carbonyl (C=O) groups excluding carboxylic acids is 1. The van der Waals surface area contributed by atoms with Crippen LogP contribution < -0.4 is 5.73 Å². The van der Waals surface area contributed by atoms with Crippen LogP contribution in [0.25, 0.3) is 10.9 Å². The lowest BCUT2D eigenvalue weighted by Crippen LogP contribution is -2.12. The van der Waals surface area contributed by atoms with E-state index >= 15 is 0 Å². The zero-order chi connectivity index (χ0) is 12.4. The van der Waals surface area contributed by atoms with Crippen molar-refractivity contribution in [1.29, 1.82) is 0 Å². The van der Waals surface area contributed by atoms with E-state index in [2.05, 4.69) is 4.98 Å². The molecule has 17 heavy (non-hydrogen) atoms. The molecule has 0 fully saturated rings. The van der Waals surface area contributed by atoms with Gasteiger partial charge in [0.1, 0.15) is 5.69 Å². The summed E-state index contributed by atoms with van der Waals surface area (Å²) in [6.45, 7) is 3.91. The molecular formula is C14H16N2O. The number of nitrogens with zero attached hydrogens (tertiary/aromatic N) is 1. The van der Waals surface area contributed by atoms with E-state index in [-0.39, 0.29) is 11.7 Å². The zero-order valence-electron chi connectivity index (χ0n) is 10.1. The molecule has 88 valence electrons. The number of fused-ring (bicyclic) bond motifs is 1. The molecule has 0 amide bonds. The summed E-state index contributed by atoms with van der Waals surface area (Å²) in [4.78, 5) is 16.4. The van der Waals surface area contributed by atoms with Crippen LogP contribution >= 0.6 is 0 Å². The minimum absolute atomic E-state index is 0.0111. The Bertz CT molecular complexity index is 563. The second-order valence-electron chi connectivity index (χ2n) is 4.29. The zero-order valence-corrected chi connectivity index (χ0v) is 10.1. The third-order valence-electron chi connectivity index (χ3n) is 3.06. The first-order chi connectivity index (χ1) is 8.13. The Morgan fingerprint density at radius 2 is 2.12 bits per heavy atom. The Kier molecular flexibility index (Phi) is 3.09. The maximum atomic E-state index is 12.1.